The lowest BCUT2D eigenvalue weighted by atomic mass is 10.1. The molecule has 3 N–H and O–H groups in total. The molecule has 5 nitrogen and oxygen atoms in total. The Kier molecular flexibility index (Phi) is 5.66. The minimum atomic E-state index is -0.136. The maximum absolute atomic E-state index is 11.7. The number of benzene rings is 1. The highest BCUT2D eigenvalue weighted by atomic mass is 16.3. The number of aliphatic hydroxyl groups excluding tert-OH is 1. The number of nitrogens with zero attached hydrogens (tertiary/aromatic N) is 1. The number of hydrogen-bond donors (Lipinski definition) is 3. The van der Waals surface area contributed by atoms with Crippen molar-refractivity contribution in [3.8, 4) is 0 Å². The summed E-state index contributed by atoms with van der Waals surface area (Å²) in [7, 11) is 4.06. The molecular weight excluding hydrogens is 278 g/mol. The van der Waals surface area contributed by atoms with Crippen molar-refractivity contribution < 1.29 is 9.90 Å². The first-order chi connectivity index (χ1) is 10.5. The van der Waals surface area contributed by atoms with Crippen LogP contribution in [0.3, 0.4) is 0 Å². The first kappa shape index (κ1) is 16.6. The number of nitrogens with one attached hydrogen (secondary N) is 2. The SMILES string of the molecule is CN(C)c1ccc(CCCNC(=O)NCC2(CO)CC2)cc1. The summed E-state index contributed by atoms with van der Waals surface area (Å²) in [5.41, 5.74) is 2.44. The summed E-state index contributed by atoms with van der Waals surface area (Å²) in [6.07, 6.45) is 3.88. The number of aliphatic hydroxyl groups is 1. The molecule has 2 rings (SSSR count). The summed E-state index contributed by atoms with van der Waals surface area (Å²) in [6.45, 7) is 1.39. The Morgan fingerprint density at radius 2 is 1.91 bits per heavy atom. The molecule has 1 aliphatic carbocycles. The monoisotopic (exact) mass is 305 g/mol. The minimum absolute atomic E-state index is 0.0362. The second kappa shape index (κ2) is 7.49. The fraction of sp³-hybridized carbons (Fsp3) is 0.588. The third-order valence-corrected chi connectivity index (χ3v) is 4.30. The molecule has 1 saturated carbocycles. The van der Waals surface area contributed by atoms with Gasteiger partial charge in [0.1, 0.15) is 0 Å². The normalized spacial score (nSPS) is 15.2. The second-order valence-electron chi connectivity index (χ2n) is 6.43. The summed E-state index contributed by atoms with van der Waals surface area (Å²) in [5, 5.41) is 14.9. The Bertz CT molecular complexity index is 481. The Balaban J connectivity index is 1.59. The highest BCUT2D eigenvalue weighted by molar-refractivity contribution is 5.73. The van der Waals surface area contributed by atoms with Gasteiger partial charge in [0.05, 0.1) is 6.61 Å². The van der Waals surface area contributed by atoms with Crippen LogP contribution in [0.15, 0.2) is 24.3 Å². The van der Waals surface area contributed by atoms with Crippen LogP contribution in [-0.2, 0) is 6.42 Å². The lowest BCUT2D eigenvalue weighted by Gasteiger charge is -2.14. The van der Waals surface area contributed by atoms with Crippen molar-refractivity contribution in [2.45, 2.75) is 25.7 Å². The zero-order valence-electron chi connectivity index (χ0n) is 13.6. The number of amides is 2. The summed E-state index contributed by atoms with van der Waals surface area (Å²) in [5.74, 6) is 0. The second-order valence-corrected chi connectivity index (χ2v) is 6.43. The lowest BCUT2D eigenvalue weighted by Crippen LogP contribution is -2.40. The number of anilines is 1. The summed E-state index contributed by atoms with van der Waals surface area (Å²) in [6, 6.07) is 8.35. The third kappa shape index (κ3) is 4.91. The van der Waals surface area contributed by atoms with Crippen LogP contribution in [0.25, 0.3) is 0 Å². The van der Waals surface area contributed by atoms with Gasteiger partial charge in [0.2, 0.25) is 0 Å². The molecule has 0 aliphatic heterocycles. The van der Waals surface area contributed by atoms with Gasteiger partial charge in [-0.15, -0.1) is 0 Å². The first-order valence-corrected chi connectivity index (χ1v) is 7.93. The van der Waals surface area contributed by atoms with Gasteiger partial charge < -0.3 is 20.6 Å². The predicted octanol–water partition coefficient (Wildman–Crippen LogP) is 1.76. The molecule has 0 bridgehead atoms. The maximum Gasteiger partial charge on any atom is 0.314 e. The molecule has 22 heavy (non-hydrogen) atoms. The fourth-order valence-electron chi connectivity index (χ4n) is 2.35. The molecule has 0 heterocycles. The Morgan fingerprint density at radius 1 is 1.23 bits per heavy atom. The molecule has 0 spiro atoms. The van der Waals surface area contributed by atoms with Crippen LogP contribution in [0, 0.1) is 5.41 Å². The zero-order chi connectivity index (χ0) is 16.0. The number of hydrogen-bond acceptors (Lipinski definition) is 3. The molecule has 0 radical (unpaired) electrons. The Morgan fingerprint density at radius 3 is 2.45 bits per heavy atom. The van der Waals surface area contributed by atoms with E-state index in [9.17, 15) is 9.90 Å². The first-order valence-electron chi connectivity index (χ1n) is 7.93. The molecule has 1 fully saturated rings. The molecule has 1 aromatic carbocycles. The van der Waals surface area contributed by atoms with Crippen LogP contribution in [0.4, 0.5) is 10.5 Å². The number of urea groups is 1. The van der Waals surface area contributed by atoms with Crippen LogP contribution in [0.2, 0.25) is 0 Å². The van der Waals surface area contributed by atoms with E-state index in [1.165, 1.54) is 11.3 Å². The standard InChI is InChI=1S/C17H27N3O2/c1-20(2)15-7-5-14(6-8-15)4-3-11-18-16(22)19-12-17(13-21)9-10-17/h5-8,21H,3-4,9-13H2,1-2H3,(H2,18,19,22). The van der Waals surface area contributed by atoms with Crippen LogP contribution in [-0.4, -0.2) is 44.9 Å². The highest BCUT2D eigenvalue weighted by Gasteiger charge is 2.41. The van der Waals surface area contributed by atoms with E-state index in [0.717, 1.165) is 25.7 Å². The van der Waals surface area contributed by atoms with Gasteiger partial charge in [-0.25, -0.2) is 4.79 Å². The summed E-state index contributed by atoms with van der Waals surface area (Å²) in [4.78, 5) is 13.7. The number of carbonyl (C=O) groups excluding carboxylic acids is 1. The Labute approximate surface area is 132 Å². The van der Waals surface area contributed by atoms with Crippen LogP contribution < -0.4 is 15.5 Å². The van der Waals surface area contributed by atoms with Gasteiger partial charge in [-0.3, -0.25) is 0 Å². The van der Waals surface area contributed by atoms with Crippen LogP contribution in [0.5, 0.6) is 0 Å². The van der Waals surface area contributed by atoms with Gasteiger partial charge in [-0.05, 0) is 43.4 Å². The molecule has 0 saturated heterocycles. The van der Waals surface area contributed by atoms with E-state index in [2.05, 4.69) is 39.8 Å². The average molecular weight is 305 g/mol. The van der Waals surface area contributed by atoms with Crippen molar-refractivity contribution in [1.82, 2.24) is 10.6 Å². The third-order valence-electron chi connectivity index (χ3n) is 4.30. The molecule has 5 heteroatoms. The smallest absolute Gasteiger partial charge is 0.314 e. The van der Waals surface area contributed by atoms with E-state index in [1.54, 1.807) is 0 Å². The molecular formula is C17H27N3O2. The van der Waals surface area contributed by atoms with Gasteiger partial charge in [-0.1, -0.05) is 12.1 Å². The van der Waals surface area contributed by atoms with E-state index >= 15 is 0 Å². The van der Waals surface area contributed by atoms with Crippen molar-refractivity contribution in [1.29, 1.82) is 0 Å². The van der Waals surface area contributed by atoms with Gasteiger partial charge in [0.15, 0.2) is 0 Å². The average Bonchev–Trinajstić information content (AvgIpc) is 3.31. The largest absolute Gasteiger partial charge is 0.396 e. The van der Waals surface area contributed by atoms with E-state index < -0.39 is 0 Å². The molecule has 2 amide bonds. The topological polar surface area (TPSA) is 64.6 Å². The summed E-state index contributed by atoms with van der Waals surface area (Å²) >= 11 is 0. The van der Waals surface area contributed by atoms with Crippen LogP contribution >= 0.6 is 0 Å². The van der Waals surface area contributed by atoms with Gasteiger partial charge in [-0.2, -0.15) is 0 Å². The van der Waals surface area contributed by atoms with E-state index in [0.29, 0.717) is 13.1 Å². The van der Waals surface area contributed by atoms with Crippen LogP contribution in [0.1, 0.15) is 24.8 Å². The molecule has 0 unspecified atom stereocenters. The predicted molar refractivity (Wildman–Crippen MR) is 89.2 cm³/mol. The maximum atomic E-state index is 11.7. The lowest BCUT2D eigenvalue weighted by molar-refractivity contribution is 0.203. The molecule has 1 aliphatic rings. The van der Waals surface area contributed by atoms with Gasteiger partial charge >= 0.3 is 6.03 Å². The van der Waals surface area contributed by atoms with Gasteiger partial charge in [0.25, 0.3) is 0 Å². The van der Waals surface area contributed by atoms with E-state index in [4.69, 9.17) is 0 Å². The molecule has 0 atom stereocenters. The molecule has 122 valence electrons. The van der Waals surface area contributed by atoms with E-state index in [-0.39, 0.29) is 18.1 Å². The summed E-state index contributed by atoms with van der Waals surface area (Å²) < 4.78 is 0. The number of aryl methyl sites for hydroxylation is 1. The number of carbonyl (C=O) groups is 1. The fourth-order valence-corrected chi connectivity index (χ4v) is 2.35. The van der Waals surface area contributed by atoms with Crippen molar-refractivity contribution in [3.05, 3.63) is 29.8 Å². The van der Waals surface area contributed by atoms with E-state index in [1.807, 2.05) is 14.1 Å². The van der Waals surface area contributed by atoms with Crippen molar-refractivity contribution >= 4 is 11.7 Å². The molecule has 1 aromatic rings. The Hall–Kier alpha value is -1.75. The van der Waals surface area contributed by atoms with Crippen molar-refractivity contribution in [2.75, 3.05) is 38.7 Å². The minimum Gasteiger partial charge on any atom is -0.396 e. The van der Waals surface area contributed by atoms with Crippen molar-refractivity contribution in [3.63, 3.8) is 0 Å². The quantitative estimate of drug-likeness (QED) is 0.641. The molecule has 0 aromatic heterocycles. The van der Waals surface area contributed by atoms with Crippen molar-refractivity contribution in [2.24, 2.45) is 5.41 Å². The number of rotatable bonds is 8. The zero-order valence-corrected chi connectivity index (χ0v) is 13.6. The van der Waals surface area contributed by atoms with Gasteiger partial charge in [0, 0.05) is 38.3 Å². The highest BCUT2D eigenvalue weighted by Crippen LogP contribution is 2.44.